The number of rotatable bonds is 6. The van der Waals surface area contributed by atoms with Crippen molar-refractivity contribution in [3.8, 4) is 0 Å². The Morgan fingerprint density at radius 2 is 1.62 bits per heavy atom. The van der Waals surface area contributed by atoms with Gasteiger partial charge in [-0.2, -0.15) is 4.72 Å². The molecule has 26 heavy (non-hydrogen) atoms. The molecule has 1 amide bonds. The first-order valence-electron chi connectivity index (χ1n) is 7.50. The number of benzene rings is 2. The van der Waals surface area contributed by atoms with E-state index in [9.17, 15) is 18.0 Å². The van der Waals surface area contributed by atoms with Crippen LogP contribution in [0.15, 0.2) is 57.9 Å². The Morgan fingerprint density at radius 1 is 1.04 bits per heavy atom. The van der Waals surface area contributed by atoms with Gasteiger partial charge in [0.1, 0.15) is 0 Å². The van der Waals surface area contributed by atoms with E-state index in [0.29, 0.717) is 11.3 Å². The van der Waals surface area contributed by atoms with Gasteiger partial charge in [0.15, 0.2) is 0 Å². The zero-order chi connectivity index (χ0) is 19.3. The number of anilines is 1. The van der Waals surface area contributed by atoms with Crippen LogP contribution >= 0.6 is 15.9 Å². The number of hydrogen-bond acceptors (Lipinski definition) is 5. The van der Waals surface area contributed by atoms with E-state index >= 15 is 0 Å². The van der Waals surface area contributed by atoms with Crippen LogP contribution in [0, 0.1) is 0 Å². The largest absolute Gasteiger partial charge is 0.465 e. The van der Waals surface area contributed by atoms with E-state index in [0.717, 1.165) is 4.47 Å². The monoisotopic (exact) mass is 440 g/mol. The molecule has 2 N–H and O–H groups in total. The van der Waals surface area contributed by atoms with Crippen LogP contribution in [0.25, 0.3) is 0 Å². The van der Waals surface area contributed by atoms with Crippen LogP contribution in [-0.4, -0.2) is 33.4 Å². The smallest absolute Gasteiger partial charge is 0.337 e. The minimum atomic E-state index is -3.83. The van der Waals surface area contributed by atoms with E-state index in [1.165, 1.54) is 50.4 Å². The molecule has 2 aromatic carbocycles. The SMILES string of the molecule is COC(=O)c1ccc(NC(=O)[C@H](C)NS(=O)(=O)c2ccc(Br)cc2)cc1. The number of hydrogen-bond donors (Lipinski definition) is 2. The molecule has 0 saturated heterocycles. The van der Waals surface area contributed by atoms with E-state index in [2.05, 4.69) is 30.7 Å². The van der Waals surface area contributed by atoms with E-state index in [-0.39, 0.29) is 4.90 Å². The Bertz CT molecular complexity index is 896. The zero-order valence-corrected chi connectivity index (χ0v) is 16.4. The number of nitrogens with one attached hydrogen (secondary N) is 2. The second-order valence-electron chi connectivity index (χ2n) is 5.36. The molecule has 0 radical (unpaired) electrons. The summed E-state index contributed by atoms with van der Waals surface area (Å²) in [6.07, 6.45) is 0. The lowest BCUT2D eigenvalue weighted by molar-refractivity contribution is -0.117. The first-order chi connectivity index (χ1) is 12.2. The average Bonchev–Trinajstić information content (AvgIpc) is 2.61. The molecule has 0 aliphatic rings. The fraction of sp³-hybridized carbons (Fsp3) is 0.176. The Kier molecular flexibility index (Phi) is 6.52. The van der Waals surface area contributed by atoms with Gasteiger partial charge in [0.2, 0.25) is 15.9 Å². The predicted octanol–water partition coefficient (Wildman–Crippen LogP) is 2.54. The topological polar surface area (TPSA) is 102 Å². The number of esters is 1. The summed E-state index contributed by atoms with van der Waals surface area (Å²) in [7, 11) is -2.55. The van der Waals surface area contributed by atoms with Gasteiger partial charge in [0.25, 0.3) is 0 Å². The molecule has 0 aliphatic carbocycles. The van der Waals surface area contributed by atoms with Crippen molar-refractivity contribution < 1.29 is 22.7 Å². The third kappa shape index (κ3) is 5.13. The molecule has 7 nitrogen and oxygen atoms in total. The lowest BCUT2D eigenvalue weighted by atomic mass is 10.2. The highest BCUT2D eigenvalue weighted by molar-refractivity contribution is 9.10. The van der Waals surface area contributed by atoms with Crippen molar-refractivity contribution in [2.24, 2.45) is 0 Å². The molecule has 0 saturated carbocycles. The summed E-state index contributed by atoms with van der Waals surface area (Å²) in [5, 5.41) is 2.58. The normalized spacial score (nSPS) is 12.3. The molecule has 0 bridgehead atoms. The quantitative estimate of drug-likeness (QED) is 0.671. The average molecular weight is 441 g/mol. The van der Waals surface area contributed by atoms with Crippen LogP contribution in [0.1, 0.15) is 17.3 Å². The summed E-state index contributed by atoms with van der Waals surface area (Å²) in [6.45, 7) is 1.44. The van der Waals surface area contributed by atoms with Gasteiger partial charge in [-0.3, -0.25) is 4.79 Å². The molecule has 0 aliphatic heterocycles. The van der Waals surface area contributed by atoms with Crippen molar-refractivity contribution in [2.75, 3.05) is 12.4 Å². The summed E-state index contributed by atoms with van der Waals surface area (Å²) in [6, 6.07) is 11.1. The highest BCUT2D eigenvalue weighted by atomic mass is 79.9. The maximum atomic E-state index is 12.3. The summed E-state index contributed by atoms with van der Waals surface area (Å²) < 4.78 is 32.3. The summed E-state index contributed by atoms with van der Waals surface area (Å²) in [4.78, 5) is 23.6. The maximum Gasteiger partial charge on any atom is 0.337 e. The van der Waals surface area contributed by atoms with Crippen LogP contribution in [0.4, 0.5) is 5.69 Å². The molecule has 9 heteroatoms. The van der Waals surface area contributed by atoms with Crippen LogP contribution in [0.2, 0.25) is 0 Å². The Morgan fingerprint density at radius 3 is 2.15 bits per heavy atom. The van der Waals surface area contributed by atoms with Gasteiger partial charge in [-0.05, 0) is 55.5 Å². The van der Waals surface area contributed by atoms with Gasteiger partial charge < -0.3 is 10.1 Å². The van der Waals surface area contributed by atoms with Gasteiger partial charge in [-0.25, -0.2) is 13.2 Å². The third-order valence-electron chi connectivity index (χ3n) is 3.42. The number of ether oxygens (including phenoxy) is 1. The third-order valence-corrected chi connectivity index (χ3v) is 5.51. The number of carbonyl (C=O) groups excluding carboxylic acids is 2. The summed E-state index contributed by atoms with van der Waals surface area (Å²) >= 11 is 3.23. The molecule has 0 fully saturated rings. The Labute approximate surface area is 159 Å². The number of carbonyl (C=O) groups is 2. The van der Waals surface area contributed by atoms with E-state index in [1.54, 1.807) is 12.1 Å². The van der Waals surface area contributed by atoms with Crippen molar-refractivity contribution in [3.63, 3.8) is 0 Å². The van der Waals surface area contributed by atoms with Gasteiger partial charge in [0.05, 0.1) is 23.6 Å². The molecule has 0 spiro atoms. The van der Waals surface area contributed by atoms with E-state index < -0.39 is 27.9 Å². The molecular formula is C17H17BrN2O5S. The molecule has 0 unspecified atom stereocenters. The van der Waals surface area contributed by atoms with Crippen LogP contribution in [0.3, 0.4) is 0 Å². The Balaban J connectivity index is 2.03. The lowest BCUT2D eigenvalue weighted by Gasteiger charge is -2.14. The molecule has 2 aromatic rings. The van der Waals surface area contributed by atoms with Gasteiger partial charge in [0, 0.05) is 10.2 Å². The van der Waals surface area contributed by atoms with Gasteiger partial charge in [-0.15, -0.1) is 0 Å². The van der Waals surface area contributed by atoms with Crippen LogP contribution in [0.5, 0.6) is 0 Å². The van der Waals surface area contributed by atoms with Crippen molar-refractivity contribution in [1.29, 1.82) is 0 Å². The fourth-order valence-corrected chi connectivity index (χ4v) is 3.49. The number of amides is 1. The van der Waals surface area contributed by atoms with Crippen molar-refractivity contribution >= 4 is 43.5 Å². The number of halogens is 1. The molecular weight excluding hydrogens is 424 g/mol. The second kappa shape index (κ2) is 8.43. The molecule has 0 heterocycles. The first kappa shape index (κ1) is 20.1. The van der Waals surface area contributed by atoms with Crippen LogP contribution in [-0.2, 0) is 19.6 Å². The van der Waals surface area contributed by atoms with E-state index in [4.69, 9.17) is 0 Å². The number of methoxy groups -OCH3 is 1. The lowest BCUT2D eigenvalue weighted by Crippen LogP contribution is -2.41. The Hall–Kier alpha value is -2.23. The minimum Gasteiger partial charge on any atom is -0.465 e. The van der Waals surface area contributed by atoms with Gasteiger partial charge in [-0.1, -0.05) is 15.9 Å². The van der Waals surface area contributed by atoms with E-state index in [1.807, 2.05) is 0 Å². The number of sulfonamides is 1. The van der Waals surface area contributed by atoms with Crippen molar-refractivity contribution in [1.82, 2.24) is 4.72 Å². The second-order valence-corrected chi connectivity index (χ2v) is 7.98. The highest BCUT2D eigenvalue weighted by Gasteiger charge is 2.22. The first-order valence-corrected chi connectivity index (χ1v) is 9.77. The molecule has 138 valence electrons. The predicted molar refractivity (Wildman–Crippen MR) is 100 cm³/mol. The molecule has 2 rings (SSSR count). The molecule has 0 aromatic heterocycles. The summed E-state index contributed by atoms with van der Waals surface area (Å²) in [5.41, 5.74) is 0.770. The molecule has 1 atom stereocenters. The standard InChI is InChI=1S/C17H17BrN2O5S/c1-11(20-26(23,24)15-9-5-13(18)6-10-15)16(21)19-14-7-3-12(4-8-14)17(22)25-2/h3-11,20H,1-2H3,(H,19,21)/t11-/m0/s1. The maximum absolute atomic E-state index is 12.3. The van der Waals surface area contributed by atoms with Gasteiger partial charge >= 0.3 is 5.97 Å². The minimum absolute atomic E-state index is 0.0581. The van der Waals surface area contributed by atoms with Crippen molar-refractivity contribution in [3.05, 3.63) is 58.6 Å². The fourth-order valence-electron chi connectivity index (χ4n) is 2.03. The summed E-state index contributed by atoms with van der Waals surface area (Å²) in [5.74, 6) is -1.02. The van der Waals surface area contributed by atoms with Crippen LogP contribution < -0.4 is 10.0 Å². The van der Waals surface area contributed by atoms with Crippen molar-refractivity contribution in [2.45, 2.75) is 17.9 Å². The zero-order valence-electron chi connectivity index (χ0n) is 14.0. The highest BCUT2D eigenvalue weighted by Crippen LogP contribution is 2.15.